The first-order chi connectivity index (χ1) is 13.0. The van der Waals surface area contributed by atoms with Crippen molar-refractivity contribution in [2.24, 2.45) is 0 Å². The molecule has 1 rings (SSSR count). The van der Waals surface area contributed by atoms with Crippen LogP contribution in [0.25, 0.3) is 0 Å². The van der Waals surface area contributed by atoms with E-state index in [0.29, 0.717) is 18.5 Å². The molecule has 0 aliphatic rings. The van der Waals surface area contributed by atoms with Crippen molar-refractivity contribution >= 4 is 36.9 Å². The molecule has 0 spiro atoms. The van der Waals surface area contributed by atoms with Gasteiger partial charge in [-0.1, -0.05) is 30.3 Å². The van der Waals surface area contributed by atoms with Gasteiger partial charge >= 0.3 is 12.1 Å². The summed E-state index contributed by atoms with van der Waals surface area (Å²) in [6, 6.07) is 6.93. The summed E-state index contributed by atoms with van der Waals surface area (Å²) in [5.74, 6) is -1.54. The number of carboxylic acids is 1. The second kappa shape index (κ2) is 12.7. The van der Waals surface area contributed by atoms with Gasteiger partial charge in [0.05, 0.1) is 0 Å². The molecular weight excluding hydrogens is 372 g/mol. The van der Waals surface area contributed by atoms with Crippen LogP contribution in [0.15, 0.2) is 30.3 Å². The Morgan fingerprint density at radius 3 is 2.41 bits per heavy atom. The van der Waals surface area contributed by atoms with Crippen molar-refractivity contribution in [3.05, 3.63) is 35.9 Å². The van der Waals surface area contributed by atoms with Gasteiger partial charge in [0.1, 0.15) is 25.0 Å². The number of rotatable bonds is 12. The second-order valence-electron chi connectivity index (χ2n) is 5.77. The number of unbranched alkanes of at least 4 members (excludes halogenated alkanes) is 1. The number of thiol groups is 1. The third kappa shape index (κ3) is 9.09. The summed E-state index contributed by atoms with van der Waals surface area (Å²) < 4.78 is 5.08. The average molecular weight is 396 g/mol. The Labute approximate surface area is 163 Å². The molecule has 1 unspecified atom stereocenters. The summed E-state index contributed by atoms with van der Waals surface area (Å²) in [5, 5.41) is 14.0. The van der Waals surface area contributed by atoms with Crippen molar-refractivity contribution in [3.63, 3.8) is 0 Å². The van der Waals surface area contributed by atoms with Crippen LogP contribution in [-0.4, -0.2) is 47.2 Å². The minimum Gasteiger partial charge on any atom is -0.480 e. The fourth-order valence-corrected chi connectivity index (χ4v) is 2.50. The van der Waals surface area contributed by atoms with Crippen LogP contribution >= 0.6 is 12.6 Å². The number of carbonyl (C=O) groups is 4. The predicted octanol–water partition coefficient (Wildman–Crippen LogP) is 1.54. The third-order valence-electron chi connectivity index (χ3n) is 3.67. The summed E-state index contributed by atoms with van der Waals surface area (Å²) in [5.41, 5.74) is 0.795. The summed E-state index contributed by atoms with van der Waals surface area (Å²) >= 11 is 4.06. The molecule has 0 aromatic heterocycles. The summed E-state index contributed by atoms with van der Waals surface area (Å²) in [6.07, 6.45) is 0.777. The van der Waals surface area contributed by atoms with Crippen LogP contribution < -0.4 is 10.6 Å². The van der Waals surface area contributed by atoms with Gasteiger partial charge < -0.3 is 25.3 Å². The number of nitrogens with one attached hydrogen (secondary N) is 2. The number of benzene rings is 1. The van der Waals surface area contributed by atoms with Crippen LogP contribution in [0.5, 0.6) is 0 Å². The highest BCUT2D eigenvalue weighted by molar-refractivity contribution is 7.80. The fourth-order valence-electron chi connectivity index (χ4n) is 2.24. The molecule has 0 aliphatic carbocycles. The van der Waals surface area contributed by atoms with E-state index in [-0.39, 0.29) is 25.9 Å². The number of amides is 2. The molecule has 2 atom stereocenters. The maximum atomic E-state index is 12.3. The van der Waals surface area contributed by atoms with Crippen molar-refractivity contribution in [2.75, 3.05) is 5.75 Å². The molecule has 0 bridgehead atoms. The van der Waals surface area contributed by atoms with E-state index < -0.39 is 30.1 Å². The molecule has 0 saturated heterocycles. The largest absolute Gasteiger partial charge is 0.480 e. The van der Waals surface area contributed by atoms with E-state index in [1.54, 1.807) is 12.1 Å². The standard InChI is InChI=1S/C18H24N2O6S/c21-10-5-4-8-15(17(23)24)19-16(22)14(9-11-27)20-18(25)26-12-13-6-2-1-3-7-13/h1-3,6-7,10,14-15,27H,4-5,8-9,11-12H2,(H,19,22)(H,20,25)(H,23,24)/t14-,15?/m0/s1. The van der Waals surface area contributed by atoms with E-state index in [1.165, 1.54) is 0 Å². The number of carbonyl (C=O) groups excluding carboxylic acids is 3. The normalized spacial score (nSPS) is 12.5. The SMILES string of the molecule is O=CCCCC(NC(=O)[C@H](CCS)NC(=O)OCc1ccccc1)C(=O)O. The van der Waals surface area contributed by atoms with Gasteiger partial charge in [-0.05, 0) is 30.6 Å². The molecule has 1 aromatic carbocycles. The molecule has 0 fully saturated rings. The van der Waals surface area contributed by atoms with Crippen molar-refractivity contribution < 1.29 is 29.0 Å². The lowest BCUT2D eigenvalue weighted by Crippen LogP contribution is -2.51. The lowest BCUT2D eigenvalue weighted by Gasteiger charge is -2.20. The fraction of sp³-hybridized carbons (Fsp3) is 0.444. The van der Waals surface area contributed by atoms with E-state index in [1.807, 2.05) is 18.2 Å². The first-order valence-corrected chi connectivity index (χ1v) is 9.16. The molecule has 0 aliphatic heterocycles. The minimum atomic E-state index is -1.20. The molecule has 2 amide bonds. The first kappa shape index (κ1) is 22.5. The van der Waals surface area contributed by atoms with Gasteiger partial charge in [0.2, 0.25) is 5.91 Å². The summed E-state index contributed by atoms with van der Waals surface area (Å²) in [4.78, 5) is 45.9. The Hall–Kier alpha value is -2.55. The first-order valence-electron chi connectivity index (χ1n) is 8.52. The van der Waals surface area contributed by atoms with Crippen molar-refractivity contribution in [3.8, 4) is 0 Å². The van der Waals surface area contributed by atoms with Crippen LogP contribution in [0.1, 0.15) is 31.2 Å². The zero-order chi connectivity index (χ0) is 20.1. The van der Waals surface area contributed by atoms with Crippen molar-refractivity contribution in [2.45, 2.75) is 44.4 Å². The molecule has 3 N–H and O–H groups in total. The van der Waals surface area contributed by atoms with Crippen LogP contribution in [-0.2, 0) is 25.7 Å². The Bertz CT molecular complexity index is 626. The number of ether oxygens (including phenoxy) is 1. The number of aldehydes is 1. The van der Waals surface area contributed by atoms with Gasteiger partial charge in [0.15, 0.2) is 0 Å². The van der Waals surface area contributed by atoms with Crippen LogP contribution in [0.3, 0.4) is 0 Å². The number of alkyl carbamates (subject to hydrolysis) is 1. The van der Waals surface area contributed by atoms with Gasteiger partial charge in [0.25, 0.3) is 0 Å². The van der Waals surface area contributed by atoms with Gasteiger partial charge in [-0.25, -0.2) is 9.59 Å². The monoisotopic (exact) mass is 396 g/mol. The molecule has 148 valence electrons. The smallest absolute Gasteiger partial charge is 0.408 e. The quantitative estimate of drug-likeness (QED) is 0.242. The highest BCUT2D eigenvalue weighted by atomic mass is 32.1. The lowest BCUT2D eigenvalue weighted by atomic mass is 10.1. The predicted molar refractivity (Wildman–Crippen MR) is 102 cm³/mol. The highest BCUT2D eigenvalue weighted by Crippen LogP contribution is 2.04. The molecule has 0 radical (unpaired) electrons. The van der Waals surface area contributed by atoms with Gasteiger partial charge in [-0.15, -0.1) is 0 Å². The van der Waals surface area contributed by atoms with Gasteiger partial charge in [-0.3, -0.25) is 4.79 Å². The summed E-state index contributed by atoms with van der Waals surface area (Å²) in [7, 11) is 0. The average Bonchev–Trinajstić information content (AvgIpc) is 2.66. The Morgan fingerprint density at radius 2 is 1.81 bits per heavy atom. The third-order valence-corrected chi connectivity index (χ3v) is 3.93. The number of hydrogen-bond acceptors (Lipinski definition) is 6. The van der Waals surface area contributed by atoms with Crippen LogP contribution in [0.2, 0.25) is 0 Å². The van der Waals surface area contributed by atoms with E-state index in [9.17, 15) is 24.3 Å². The zero-order valence-corrected chi connectivity index (χ0v) is 15.7. The molecule has 0 heterocycles. The zero-order valence-electron chi connectivity index (χ0n) is 14.8. The van der Waals surface area contributed by atoms with E-state index >= 15 is 0 Å². The van der Waals surface area contributed by atoms with E-state index in [2.05, 4.69) is 23.3 Å². The maximum absolute atomic E-state index is 12.3. The Kier molecular flexibility index (Phi) is 10.6. The molecule has 1 aromatic rings. The highest BCUT2D eigenvalue weighted by Gasteiger charge is 2.26. The second-order valence-corrected chi connectivity index (χ2v) is 6.22. The van der Waals surface area contributed by atoms with Crippen LogP contribution in [0, 0.1) is 0 Å². The topological polar surface area (TPSA) is 122 Å². The molecule has 0 saturated carbocycles. The molecular formula is C18H24N2O6S. The van der Waals surface area contributed by atoms with Crippen molar-refractivity contribution in [1.29, 1.82) is 0 Å². The molecule has 8 nitrogen and oxygen atoms in total. The van der Waals surface area contributed by atoms with E-state index in [4.69, 9.17) is 4.74 Å². The number of carboxylic acid groups (broad SMARTS) is 1. The van der Waals surface area contributed by atoms with Crippen molar-refractivity contribution in [1.82, 2.24) is 10.6 Å². The van der Waals surface area contributed by atoms with Crippen LogP contribution in [0.4, 0.5) is 4.79 Å². The van der Waals surface area contributed by atoms with Gasteiger partial charge in [-0.2, -0.15) is 12.6 Å². The Balaban J connectivity index is 2.58. The minimum absolute atomic E-state index is 0.0470. The number of aliphatic carboxylic acids is 1. The lowest BCUT2D eigenvalue weighted by molar-refractivity contribution is -0.142. The van der Waals surface area contributed by atoms with E-state index in [0.717, 1.165) is 5.56 Å². The Morgan fingerprint density at radius 1 is 1.11 bits per heavy atom. The molecule has 27 heavy (non-hydrogen) atoms. The summed E-state index contributed by atoms with van der Waals surface area (Å²) in [6.45, 7) is 0.0470. The number of hydrogen-bond donors (Lipinski definition) is 4. The molecule has 9 heteroatoms. The maximum Gasteiger partial charge on any atom is 0.408 e. The van der Waals surface area contributed by atoms with Gasteiger partial charge in [0, 0.05) is 6.42 Å².